The van der Waals surface area contributed by atoms with Crippen LogP contribution < -0.4 is 9.64 Å². The summed E-state index contributed by atoms with van der Waals surface area (Å²) in [4.78, 5) is 24.4. The Labute approximate surface area is 181 Å². The van der Waals surface area contributed by atoms with Gasteiger partial charge in [0, 0.05) is 19.0 Å². The van der Waals surface area contributed by atoms with Crippen LogP contribution in [0.25, 0.3) is 16.7 Å². The normalized spacial score (nSPS) is 18.9. The molecule has 1 saturated carbocycles. The number of fused-ring (bicyclic) bond motifs is 1. The van der Waals surface area contributed by atoms with E-state index in [9.17, 15) is 4.79 Å². The molecule has 2 aliphatic rings. The number of carbonyl (C=O) groups is 1. The predicted octanol–water partition coefficient (Wildman–Crippen LogP) is 3.48. The van der Waals surface area contributed by atoms with Crippen molar-refractivity contribution in [1.82, 2.24) is 19.7 Å². The molecule has 1 atom stereocenters. The number of benzene rings is 1. The molecular weight excluding hydrogens is 394 g/mol. The highest BCUT2D eigenvalue weighted by Gasteiger charge is 2.32. The standard InChI is InChI=1S/C23H27N5O3/c1-3-31-23(29)16-5-4-12-27(14-16)21-19-13-24-28(17-8-10-18(30-2)11-9-17)22(19)26-20(25-21)15-6-7-15/h8-11,13,15-16H,3-7,12,14H2,1-2H3/t16-/m0/s1. The number of anilines is 1. The number of ether oxygens (including phenoxy) is 2. The maximum Gasteiger partial charge on any atom is 0.310 e. The van der Waals surface area contributed by atoms with Crippen LogP contribution in [0.3, 0.4) is 0 Å². The minimum Gasteiger partial charge on any atom is -0.497 e. The second kappa shape index (κ2) is 8.17. The second-order valence-electron chi connectivity index (χ2n) is 8.21. The molecule has 31 heavy (non-hydrogen) atoms. The van der Waals surface area contributed by atoms with Crippen LogP contribution in [0.4, 0.5) is 5.82 Å². The van der Waals surface area contributed by atoms with Gasteiger partial charge in [-0.05, 0) is 56.9 Å². The molecule has 0 unspecified atom stereocenters. The maximum absolute atomic E-state index is 12.4. The summed E-state index contributed by atoms with van der Waals surface area (Å²) in [6.07, 6.45) is 5.85. The lowest BCUT2D eigenvalue weighted by Crippen LogP contribution is -2.40. The van der Waals surface area contributed by atoms with E-state index < -0.39 is 0 Å². The van der Waals surface area contributed by atoms with Gasteiger partial charge in [-0.1, -0.05) is 0 Å². The quantitative estimate of drug-likeness (QED) is 0.564. The third kappa shape index (κ3) is 3.82. The van der Waals surface area contributed by atoms with Crippen molar-refractivity contribution in [2.75, 3.05) is 31.7 Å². The van der Waals surface area contributed by atoms with Crippen molar-refractivity contribution in [1.29, 1.82) is 0 Å². The Morgan fingerprint density at radius 3 is 2.68 bits per heavy atom. The molecule has 0 bridgehead atoms. The second-order valence-corrected chi connectivity index (χ2v) is 8.21. The average Bonchev–Trinajstić information content (AvgIpc) is 3.58. The first-order chi connectivity index (χ1) is 15.2. The number of aromatic nitrogens is 4. The molecule has 2 aromatic heterocycles. The molecule has 0 amide bonds. The molecule has 2 fully saturated rings. The number of rotatable bonds is 6. The lowest BCUT2D eigenvalue weighted by Gasteiger charge is -2.32. The first kappa shape index (κ1) is 19.8. The first-order valence-corrected chi connectivity index (χ1v) is 11.0. The van der Waals surface area contributed by atoms with Crippen LogP contribution in [0.15, 0.2) is 30.5 Å². The Morgan fingerprint density at radius 1 is 1.16 bits per heavy atom. The van der Waals surface area contributed by atoms with Crippen LogP contribution in [0.1, 0.15) is 44.3 Å². The molecule has 1 aliphatic carbocycles. The van der Waals surface area contributed by atoms with Gasteiger partial charge >= 0.3 is 5.97 Å². The number of carbonyl (C=O) groups excluding carboxylic acids is 1. The van der Waals surface area contributed by atoms with Gasteiger partial charge in [-0.15, -0.1) is 0 Å². The van der Waals surface area contributed by atoms with E-state index in [-0.39, 0.29) is 11.9 Å². The summed E-state index contributed by atoms with van der Waals surface area (Å²) in [6.45, 7) is 3.73. The average molecular weight is 422 g/mol. The van der Waals surface area contributed by atoms with Gasteiger partial charge in [-0.3, -0.25) is 4.79 Å². The van der Waals surface area contributed by atoms with E-state index in [1.165, 1.54) is 0 Å². The third-order valence-corrected chi connectivity index (χ3v) is 6.03. The summed E-state index contributed by atoms with van der Waals surface area (Å²) in [7, 11) is 1.65. The monoisotopic (exact) mass is 421 g/mol. The van der Waals surface area contributed by atoms with Gasteiger partial charge in [0.15, 0.2) is 5.65 Å². The van der Waals surface area contributed by atoms with Gasteiger partial charge in [-0.2, -0.15) is 5.10 Å². The summed E-state index contributed by atoms with van der Waals surface area (Å²) in [6, 6.07) is 7.78. The molecule has 162 valence electrons. The van der Waals surface area contributed by atoms with Crippen molar-refractivity contribution < 1.29 is 14.3 Å². The van der Waals surface area contributed by atoms with Crippen LogP contribution in [-0.4, -0.2) is 52.5 Å². The molecular formula is C23H27N5O3. The zero-order valence-electron chi connectivity index (χ0n) is 18.0. The Balaban J connectivity index is 1.55. The van der Waals surface area contributed by atoms with Crippen LogP contribution in [0.2, 0.25) is 0 Å². The minimum atomic E-state index is -0.125. The molecule has 1 saturated heterocycles. The fraction of sp³-hybridized carbons (Fsp3) is 0.478. The Bertz CT molecular complexity index is 1090. The van der Waals surface area contributed by atoms with E-state index in [1.54, 1.807) is 7.11 Å². The van der Waals surface area contributed by atoms with Crippen molar-refractivity contribution in [3.8, 4) is 11.4 Å². The topological polar surface area (TPSA) is 82.4 Å². The highest BCUT2D eigenvalue weighted by Crippen LogP contribution is 2.40. The largest absolute Gasteiger partial charge is 0.497 e. The van der Waals surface area contributed by atoms with E-state index in [1.807, 2.05) is 42.1 Å². The van der Waals surface area contributed by atoms with Gasteiger partial charge in [0.05, 0.1) is 36.9 Å². The van der Waals surface area contributed by atoms with Crippen LogP contribution in [0, 0.1) is 5.92 Å². The molecule has 5 rings (SSSR count). The van der Waals surface area contributed by atoms with E-state index in [0.717, 1.165) is 66.3 Å². The first-order valence-electron chi connectivity index (χ1n) is 11.0. The molecule has 3 aromatic rings. The lowest BCUT2D eigenvalue weighted by atomic mass is 9.98. The maximum atomic E-state index is 12.4. The highest BCUT2D eigenvalue weighted by atomic mass is 16.5. The Morgan fingerprint density at radius 2 is 1.97 bits per heavy atom. The van der Waals surface area contributed by atoms with Crippen molar-refractivity contribution in [2.24, 2.45) is 5.92 Å². The van der Waals surface area contributed by atoms with Gasteiger partial charge in [0.1, 0.15) is 17.4 Å². The number of methoxy groups -OCH3 is 1. The zero-order valence-corrected chi connectivity index (χ0v) is 18.0. The van der Waals surface area contributed by atoms with E-state index in [0.29, 0.717) is 19.1 Å². The van der Waals surface area contributed by atoms with Crippen molar-refractivity contribution in [2.45, 2.75) is 38.5 Å². The van der Waals surface area contributed by atoms with Crippen molar-refractivity contribution in [3.63, 3.8) is 0 Å². The lowest BCUT2D eigenvalue weighted by molar-refractivity contribution is -0.148. The zero-order chi connectivity index (χ0) is 21.4. The van der Waals surface area contributed by atoms with E-state index in [2.05, 4.69) is 10.00 Å². The summed E-state index contributed by atoms with van der Waals surface area (Å²) in [5, 5.41) is 5.54. The van der Waals surface area contributed by atoms with Gasteiger partial charge < -0.3 is 14.4 Å². The van der Waals surface area contributed by atoms with Gasteiger partial charge in [0.25, 0.3) is 0 Å². The molecule has 1 aliphatic heterocycles. The molecule has 8 nitrogen and oxygen atoms in total. The number of piperidine rings is 1. The third-order valence-electron chi connectivity index (χ3n) is 6.03. The van der Waals surface area contributed by atoms with E-state index in [4.69, 9.17) is 19.4 Å². The van der Waals surface area contributed by atoms with Crippen LogP contribution >= 0.6 is 0 Å². The van der Waals surface area contributed by atoms with Crippen LogP contribution in [0.5, 0.6) is 5.75 Å². The fourth-order valence-corrected chi connectivity index (χ4v) is 4.21. The van der Waals surface area contributed by atoms with E-state index >= 15 is 0 Å². The Kier molecular flexibility index (Phi) is 5.21. The molecule has 8 heteroatoms. The van der Waals surface area contributed by atoms with Crippen molar-refractivity contribution in [3.05, 3.63) is 36.3 Å². The van der Waals surface area contributed by atoms with Gasteiger partial charge in [-0.25, -0.2) is 14.6 Å². The Hall–Kier alpha value is -3.16. The molecule has 3 heterocycles. The molecule has 0 N–H and O–H groups in total. The molecule has 0 radical (unpaired) electrons. The number of hydrogen-bond acceptors (Lipinski definition) is 7. The predicted molar refractivity (Wildman–Crippen MR) is 117 cm³/mol. The smallest absolute Gasteiger partial charge is 0.310 e. The number of esters is 1. The fourth-order valence-electron chi connectivity index (χ4n) is 4.21. The van der Waals surface area contributed by atoms with Crippen LogP contribution in [-0.2, 0) is 9.53 Å². The summed E-state index contributed by atoms with van der Waals surface area (Å²) < 4.78 is 12.4. The SMILES string of the molecule is CCOC(=O)[C@H]1CCCN(c2nc(C3CC3)nc3c2cnn3-c2ccc(OC)cc2)C1. The summed E-state index contributed by atoms with van der Waals surface area (Å²) >= 11 is 0. The number of hydrogen-bond donors (Lipinski definition) is 0. The minimum absolute atomic E-state index is 0.117. The summed E-state index contributed by atoms with van der Waals surface area (Å²) in [5.74, 6) is 2.71. The summed E-state index contributed by atoms with van der Waals surface area (Å²) in [5.41, 5.74) is 1.72. The van der Waals surface area contributed by atoms with Gasteiger partial charge in [0.2, 0.25) is 0 Å². The molecule has 0 spiro atoms. The highest BCUT2D eigenvalue weighted by molar-refractivity contribution is 5.88. The van der Waals surface area contributed by atoms with Crippen molar-refractivity contribution >= 4 is 22.8 Å². The number of nitrogens with zero attached hydrogens (tertiary/aromatic N) is 5. The molecule has 1 aromatic carbocycles.